The molecule has 3 rings (SSSR count). The summed E-state index contributed by atoms with van der Waals surface area (Å²) in [6, 6.07) is 14.2. The molecule has 0 saturated heterocycles. The molecule has 3 aromatic rings. The number of thiazole rings is 1. The molecule has 1 amide bonds. The lowest BCUT2D eigenvalue weighted by molar-refractivity contribution is -0.141. The lowest BCUT2D eigenvalue weighted by atomic mass is 10.1. The summed E-state index contributed by atoms with van der Waals surface area (Å²) in [5, 5.41) is 0. The van der Waals surface area contributed by atoms with Crippen LogP contribution in [-0.4, -0.2) is 36.6 Å². The van der Waals surface area contributed by atoms with Crippen molar-refractivity contribution in [2.24, 2.45) is 4.99 Å². The molecule has 0 unspecified atom stereocenters. The third kappa shape index (κ3) is 4.34. The second-order valence-corrected chi connectivity index (χ2v) is 6.90. The van der Waals surface area contributed by atoms with E-state index in [-0.39, 0.29) is 18.9 Å². The van der Waals surface area contributed by atoms with Crippen LogP contribution in [0.5, 0.6) is 0 Å². The summed E-state index contributed by atoms with van der Waals surface area (Å²) in [5.41, 5.74) is 1.91. The smallest absolute Gasteiger partial charge is 0.337 e. The number of carbonyl (C=O) groups is 3. The standard InChI is InChI=1S/C20H18N2O5S/c1-26-18(24)12-22-15-9-8-14(19(25)27-2)11-16(15)28-20(22)21-17(23)10-13-6-4-3-5-7-13/h3-9,11H,10,12H2,1-2H3. The molecular formula is C20H18N2O5S. The minimum atomic E-state index is -0.464. The minimum Gasteiger partial charge on any atom is -0.468 e. The van der Waals surface area contributed by atoms with Crippen molar-refractivity contribution in [1.82, 2.24) is 4.57 Å². The predicted molar refractivity (Wildman–Crippen MR) is 104 cm³/mol. The first-order valence-corrected chi connectivity index (χ1v) is 9.23. The second kappa shape index (κ2) is 8.62. The summed E-state index contributed by atoms with van der Waals surface area (Å²) in [6.07, 6.45) is 0.153. The van der Waals surface area contributed by atoms with Gasteiger partial charge < -0.3 is 14.0 Å². The van der Waals surface area contributed by atoms with Gasteiger partial charge in [-0.15, -0.1) is 0 Å². The molecule has 28 heavy (non-hydrogen) atoms. The van der Waals surface area contributed by atoms with E-state index < -0.39 is 11.9 Å². The highest BCUT2D eigenvalue weighted by Crippen LogP contribution is 2.20. The Bertz CT molecular complexity index is 1100. The molecule has 7 nitrogen and oxygen atoms in total. The summed E-state index contributed by atoms with van der Waals surface area (Å²) >= 11 is 1.22. The van der Waals surface area contributed by atoms with Gasteiger partial charge in [0.1, 0.15) is 6.54 Å². The van der Waals surface area contributed by atoms with Crippen molar-refractivity contribution >= 4 is 39.4 Å². The van der Waals surface area contributed by atoms with Gasteiger partial charge in [0, 0.05) is 0 Å². The van der Waals surface area contributed by atoms with Gasteiger partial charge in [-0.2, -0.15) is 4.99 Å². The van der Waals surface area contributed by atoms with Crippen molar-refractivity contribution in [1.29, 1.82) is 0 Å². The summed E-state index contributed by atoms with van der Waals surface area (Å²) in [6.45, 7) is -0.0917. The van der Waals surface area contributed by atoms with E-state index in [9.17, 15) is 14.4 Å². The van der Waals surface area contributed by atoms with Crippen LogP contribution in [0.15, 0.2) is 53.5 Å². The normalized spacial score (nSPS) is 11.4. The third-order valence-corrected chi connectivity index (χ3v) is 5.08. The van der Waals surface area contributed by atoms with E-state index in [0.29, 0.717) is 20.6 Å². The van der Waals surface area contributed by atoms with E-state index in [1.807, 2.05) is 30.3 Å². The first kappa shape index (κ1) is 19.5. The number of benzene rings is 2. The fourth-order valence-corrected chi connectivity index (χ4v) is 3.75. The van der Waals surface area contributed by atoms with E-state index in [1.54, 1.807) is 22.8 Å². The molecule has 0 saturated carbocycles. The lowest BCUT2D eigenvalue weighted by Gasteiger charge is -2.04. The molecule has 0 aliphatic heterocycles. The number of nitrogens with zero attached hydrogens (tertiary/aromatic N) is 2. The molecule has 0 spiro atoms. The number of hydrogen-bond acceptors (Lipinski definition) is 6. The van der Waals surface area contributed by atoms with Crippen LogP contribution in [0.25, 0.3) is 10.2 Å². The van der Waals surface area contributed by atoms with Crippen molar-refractivity contribution in [2.45, 2.75) is 13.0 Å². The van der Waals surface area contributed by atoms with Crippen LogP contribution in [0.1, 0.15) is 15.9 Å². The molecule has 0 aliphatic carbocycles. The number of aromatic nitrogens is 1. The van der Waals surface area contributed by atoms with Crippen LogP contribution in [0.3, 0.4) is 0 Å². The number of carbonyl (C=O) groups excluding carboxylic acids is 3. The average Bonchev–Trinajstić information content (AvgIpc) is 3.03. The predicted octanol–water partition coefficient (Wildman–Crippen LogP) is 2.33. The summed E-state index contributed by atoms with van der Waals surface area (Å²) in [4.78, 5) is 40.6. The van der Waals surface area contributed by atoms with Crippen LogP contribution >= 0.6 is 11.3 Å². The van der Waals surface area contributed by atoms with Crippen LogP contribution in [-0.2, 0) is 32.0 Å². The van der Waals surface area contributed by atoms with Crippen molar-refractivity contribution in [2.75, 3.05) is 14.2 Å². The molecule has 2 aromatic carbocycles. The fourth-order valence-electron chi connectivity index (χ4n) is 2.67. The second-order valence-electron chi connectivity index (χ2n) is 5.89. The van der Waals surface area contributed by atoms with Gasteiger partial charge in [-0.05, 0) is 23.8 Å². The molecule has 0 radical (unpaired) electrons. The van der Waals surface area contributed by atoms with E-state index in [0.717, 1.165) is 5.56 Å². The number of ether oxygens (including phenoxy) is 2. The van der Waals surface area contributed by atoms with Gasteiger partial charge in [0.25, 0.3) is 5.91 Å². The molecule has 0 bridgehead atoms. The molecule has 0 atom stereocenters. The van der Waals surface area contributed by atoms with Crippen molar-refractivity contribution in [3.05, 3.63) is 64.5 Å². The molecule has 8 heteroatoms. The van der Waals surface area contributed by atoms with E-state index in [2.05, 4.69) is 4.99 Å². The van der Waals surface area contributed by atoms with Crippen LogP contribution in [0.2, 0.25) is 0 Å². The Labute approximate surface area is 164 Å². The van der Waals surface area contributed by atoms with Crippen LogP contribution < -0.4 is 4.80 Å². The zero-order chi connectivity index (χ0) is 20.1. The number of rotatable bonds is 5. The van der Waals surface area contributed by atoms with Crippen molar-refractivity contribution in [3.8, 4) is 0 Å². The van der Waals surface area contributed by atoms with Gasteiger partial charge >= 0.3 is 11.9 Å². The monoisotopic (exact) mass is 398 g/mol. The average molecular weight is 398 g/mol. The molecule has 0 aliphatic rings. The quantitative estimate of drug-likeness (QED) is 0.616. The first-order valence-electron chi connectivity index (χ1n) is 8.42. The number of methoxy groups -OCH3 is 2. The Kier molecular flexibility index (Phi) is 6.00. The van der Waals surface area contributed by atoms with Gasteiger partial charge in [0.05, 0.1) is 36.4 Å². The molecule has 144 valence electrons. The zero-order valence-electron chi connectivity index (χ0n) is 15.4. The van der Waals surface area contributed by atoms with Crippen LogP contribution in [0, 0.1) is 0 Å². The fraction of sp³-hybridized carbons (Fsp3) is 0.200. The molecular weight excluding hydrogens is 380 g/mol. The van der Waals surface area contributed by atoms with E-state index in [4.69, 9.17) is 9.47 Å². The summed E-state index contributed by atoms with van der Waals surface area (Å²) in [5.74, 6) is -1.26. The Morgan fingerprint density at radius 3 is 2.46 bits per heavy atom. The maximum Gasteiger partial charge on any atom is 0.337 e. The van der Waals surface area contributed by atoms with Gasteiger partial charge in [0.2, 0.25) is 0 Å². The first-order chi connectivity index (χ1) is 13.5. The number of amides is 1. The number of fused-ring (bicyclic) bond motifs is 1. The molecule has 1 aromatic heterocycles. The Balaban J connectivity index is 2.05. The topological polar surface area (TPSA) is 87.0 Å². The maximum absolute atomic E-state index is 12.4. The summed E-state index contributed by atoms with van der Waals surface area (Å²) < 4.78 is 11.8. The van der Waals surface area contributed by atoms with E-state index in [1.165, 1.54) is 25.6 Å². The highest BCUT2D eigenvalue weighted by molar-refractivity contribution is 7.16. The maximum atomic E-state index is 12.4. The zero-order valence-corrected chi connectivity index (χ0v) is 16.2. The minimum absolute atomic E-state index is 0.0917. The van der Waals surface area contributed by atoms with Gasteiger partial charge in [0.15, 0.2) is 4.80 Å². The molecule has 0 fully saturated rings. The van der Waals surface area contributed by atoms with E-state index >= 15 is 0 Å². The Morgan fingerprint density at radius 2 is 1.79 bits per heavy atom. The van der Waals surface area contributed by atoms with Gasteiger partial charge in [-0.25, -0.2) is 4.79 Å². The lowest BCUT2D eigenvalue weighted by Crippen LogP contribution is -2.22. The van der Waals surface area contributed by atoms with Gasteiger partial charge in [-0.1, -0.05) is 41.7 Å². The number of esters is 2. The molecule has 0 N–H and O–H groups in total. The highest BCUT2D eigenvalue weighted by Gasteiger charge is 2.14. The SMILES string of the molecule is COC(=O)Cn1c(=NC(=O)Cc2ccccc2)sc2cc(C(=O)OC)ccc21. The van der Waals surface area contributed by atoms with Crippen molar-refractivity contribution in [3.63, 3.8) is 0 Å². The Hall–Kier alpha value is -3.26. The van der Waals surface area contributed by atoms with Crippen molar-refractivity contribution < 1.29 is 23.9 Å². The largest absolute Gasteiger partial charge is 0.468 e. The highest BCUT2D eigenvalue weighted by atomic mass is 32.1. The van der Waals surface area contributed by atoms with Crippen LogP contribution in [0.4, 0.5) is 0 Å². The summed E-state index contributed by atoms with van der Waals surface area (Å²) in [7, 11) is 2.60. The van der Waals surface area contributed by atoms with Gasteiger partial charge in [-0.3, -0.25) is 9.59 Å². The Morgan fingerprint density at radius 1 is 1.04 bits per heavy atom. The number of hydrogen-bond donors (Lipinski definition) is 0. The molecule has 1 heterocycles. The third-order valence-electron chi connectivity index (χ3n) is 4.04.